The van der Waals surface area contributed by atoms with Gasteiger partial charge in [0.15, 0.2) is 0 Å². The molecule has 1 spiro atoms. The van der Waals surface area contributed by atoms with Gasteiger partial charge in [0, 0.05) is 18.7 Å². The number of nitrogens with zero attached hydrogens (tertiary/aromatic N) is 1. The van der Waals surface area contributed by atoms with E-state index in [2.05, 4.69) is 0 Å². The van der Waals surface area contributed by atoms with Gasteiger partial charge in [0.25, 0.3) is 0 Å². The van der Waals surface area contributed by atoms with Gasteiger partial charge in [-0.1, -0.05) is 37.5 Å². The number of aromatic hydroxyl groups is 1. The summed E-state index contributed by atoms with van der Waals surface area (Å²) in [6.07, 6.45) is 9.48. The topological polar surface area (TPSA) is 40.5 Å². The van der Waals surface area contributed by atoms with Crippen LogP contribution in [0.2, 0.25) is 0 Å². The number of piperidine rings is 1. The SMILES string of the molecule is O=C(Cc1ccccc1O)N1CCC2(CCCCC2)CC1. The monoisotopic (exact) mass is 287 g/mol. The van der Waals surface area contributed by atoms with Gasteiger partial charge in [0.05, 0.1) is 6.42 Å². The summed E-state index contributed by atoms with van der Waals surface area (Å²) in [6, 6.07) is 7.14. The Kier molecular flexibility index (Phi) is 4.18. The molecule has 1 amide bonds. The minimum Gasteiger partial charge on any atom is -0.508 e. The highest BCUT2D eigenvalue weighted by Crippen LogP contribution is 2.44. The lowest BCUT2D eigenvalue weighted by molar-refractivity contribution is -0.133. The molecule has 2 aliphatic rings. The molecule has 1 saturated carbocycles. The fourth-order valence-electron chi connectivity index (χ4n) is 3.97. The molecule has 1 aliphatic carbocycles. The van der Waals surface area contributed by atoms with Crippen molar-refractivity contribution in [2.45, 2.75) is 51.4 Å². The van der Waals surface area contributed by atoms with Crippen LogP contribution in [0.5, 0.6) is 5.75 Å². The summed E-state index contributed by atoms with van der Waals surface area (Å²) in [5.74, 6) is 0.383. The van der Waals surface area contributed by atoms with Crippen LogP contribution in [0.1, 0.15) is 50.5 Å². The fourth-order valence-corrected chi connectivity index (χ4v) is 3.97. The van der Waals surface area contributed by atoms with Gasteiger partial charge in [-0.3, -0.25) is 4.79 Å². The van der Waals surface area contributed by atoms with Gasteiger partial charge in [-0.05, 0) is 37.2 Å². The Balaban J connectivity index is 1.57. The van der Waals surface area contributed by atoms with Crippen molar-refractivity contribution in [2.75, 3.05) is 13.1 Å². The van der Waals surface area contributed by atoms with E-state index < -0.39 is 0 Å². The maximum Gasteiger partial charge on any atom is 0.227 e. The van der Waals surface area contributed by atoms with Crippen LogP contribution in [0.25, 0.3) is 0 Å². The molecule has 0 bridgehead atoms. The van der Waals surface area contributed by atoms with E-state index in [1.165, 1.54) is 44.9 Å². The lowest BCUT2D eigenvalue weighted by Crippen LogP contribution is -2.44. The van der Waals surface area contributed by atoms with Crippen molar-refractivity contribution in [3.05, 3.63) is 29.8 Å². The van der Waals surface area contributed by atoms with Crippen molar-refractivity contribution >= 4 is 5.91 Å². The maximum absolute atomic E-state index is 12.4. The Morgan fingerprint density at radius 1 is 1.05 bits per heavy atom. The van der Waals surface area contributed by atoms with Crippen molar-refractivity contribution < 1.29 is 9.90 Å². The third kappa shape index (κ3) is 3.22. The number of hydrogen-bond acceptors (Lipinski definition) is 2. The largest absolute Gasteiger partial charge is 0.508 e. The number of amides is 1. The molecule has 1 aliphatic heterocycles. The van der Waals surface area contributed by atoms with Gasteiger partial charge in [-0.15, -0.1) is 0 Å². The summed E-state index contributed by atoms with van der Waals surface area (Å²) >= 11 is 0. The van der Waals surface area contributed by atoms with Crippen molar-refractivity contribution in [3.8, 4) is 5.75 Å². The zero-order chi connectivity index (χ0) is 14.7. The van der Waals surface area contributed by atoms with Gasteiger partial charge >= 0.3 is 0 Å². The Labute approximate surface area is 127 Å². The maximum atomic E-state index is 12.4. The van der Waals surface area contributed by atoms with E-state index in [1.807, 2.05) is 17.0 Å². The van der Waals surface area contributed by atoms with Gasteiger partial charge < -0.3 is 10.0 Å². The van der Waals surface area contributed by atoms with E-state index in [1.54, 1.807) is 12.1 Å². The molecular formula is C18H25NO2. The van der Waals surface area contributed by atoms with Crippen LogP contribution in [-0.2, 0) is 11.2 Å². The van der Waals surface area contributed by atoms with Crippen LogP contribution in [0.15, 0.2) is 24.3 Å². The summed E-state index contributed by atoms with van der Waals surface area (Å²) in [4.78, 5) is 14.4. The summed E-state index contributed by atoms with van der Waals surface area (Å²) < 4.78 is 0. The summed E-state index contributed by atoms with van der Waals surface area (Å²) in [6.45, 7) is 1.79. The second-order valence-electron chi connectivity index (χ2n) is 6.75. The van der Waals surface area contributed by atoms with Gasteiger partial charge in [0.1, 0.15) is 5.75 Å². The van der Waals surface area contributed by atoms with Crippen LogP contribution in [-0.4, -0.2) is 29.0 Å². The van der Waals surface area contributed by atoms with E-state index in [0.29, 0.717) is 11.8 Å². The fraction of sp³-hybridized carbons (Fsp3) is 0.611. The van der Waals surface area contributed by atoms with Gasteiger partial charge in [-0.25, -0.2) is 0 Å². The third-order valence-corrected chi connectivity index (χ3v) is 5.42. The number of phenolic OH excluding ortho intramolecular Hbond substituents is 1. The number of likely N-dealkylation sites (tertiary alicyclic amines) is 1. The summed E-state index contributed by atoms with van der Waals surface area (Å²) in [7, 11) is 0. The highest BCUT2D eigenvalue weighted by molar-refractivity contribution is 5.79. The van der Waals surface area contributed by atoms with Crippen LogP contribution >= 0.6 is 0 Å². The van der Waals surface area contributed by atoms with Crippen LogP contribution < -0.4 is 0 Å². The molecule has 1 aromatic rings. The molecule has 1 saturated heterocycles. The first-order chi connectivity index (χ1) is 10.2. The zero-order valence-corrected chi connectivity index (χ0v) is 12.7. The number of carbonyl (C=O) groups is 1. The molecule has 0 radical (unpaired) electrons. The van der Waals surface area contributed by atoms with E-state index in [0.717, 1.165) is 18.7 Å². The molecule has 0 aromatic heterocycles. The number of rotatable bonds is 2. The number of carbonyl (C=O) groups excluding carboxylic acids is 1. The van der Waals surface area contributed by atoms with E-state index in [9.17, 15) is 9.90 Å². The highest BCUT2D eigenvalue weighted by atomic mass is 16.3. The molecule has 0 atom stereocenters. The Bertz CT molecular complexity index is 496. The highest BCUT2D eigenvalue weighted by Gasteiger charge is 2.36. The average Bonchev–Trinajstić information content (AvgIpc) is 2.51. The number of phenols is 1. The van der Waals surface area contributed by atoms with Crippen molar-refractivity contribution in [2.24, 2.45) is 5.41 Å². The van der Waals surface area contributed by atoms with Crippen LogP contribution in [0, 0.1) is 5.41 Å². The standard InChI is InChI=1S/C18H25NO2/c20-16-7-3-2-6-15(16)14-17(21)19-12-10-18(11-13-19)8-4-1-5-9-18/h2-3,6-7,20H,1,4-5,8-14H2. The van der Waals surface area contributed by atoms with Gasteiger partial charge in [0.2, 0.25) is 5.91 Å². The number of hydrogen-bond donors (Lipinski definition) is 1. The van der Waals surface area contributed by atoms with Crippen LogP contribution in [0.4, 0.5) is 0 Å². The molecule has 3 nitrogen and oxygen atoms in total. The van der Waals surface area contributed by atoms with E-state index in [4.69, 9.17) is 0 Å². The predicted molar refractivity (Wildman–Crippen MR) is 83.1 cm³/mol. The van der Waals surface area contributed by atoms with E-state index in [-0.39, 0.29) is 11.7 Å². The molecular weight excluding hydrogens is 262 g/mol. The minimum absolute atomic E-state index is 0.155. The lowest BCUT2D eigenvalue weighted by atomic mass is 9.68. The molecule has 1 aromatic carbocycles. The number of para-hydroxylation sites is 1. The first-order valence-corrected chi connectivity index (χ1v) is 8.23. The summed E-state index contributed by atoms with van der Waals surface area (Å²) in [5, 5.41) is 9.79. The molecule has 3 heteroatoms. The van der Waals surface area contributed by atoms with Crippen LogP contribution in [0.3, 0.4) is 0 Å². The normalized spacial score (nSPS) is 21.4. The quantitative estimate of drug-likeness (QED) is 0.904. The van der Waals surface area contributed by atoms with E-state index >= 15 is 0 Å². The molecule has 3 rings (SSSR count). The lowest BCUT2D eigenvalue weighted by Gasteiger charge is -2.44. The first-order valence-electron chi connectivity index (χ1n) is 8.23. The Morgan fingerprint density at radius 2 is 1.71 bits per heavy atom. The second kappa shape index (κ2) is 6.08. The first kappa shape index (κ1) is 14.4. The third-order valence-electron chi connectivity index (χ3n) is 5.42. The molecule has 21 heavy (non-hydrogen) atoms. The Morgan fingerprint density at radius 3 is 2.38 bits per heavy atom. The minimum atomic E-state index is 0.155. The smallest absolute Gasteiger partial charge is 0.227 e. The summed E-state index contributed by atoms with van der Waals surface area (Å²) in [5.41, 5.74) is 1.27. The van der Waals surface area contributed by atoms with Crippen molar-refractivity contribution in [1.82, 2.24) is 4.90 Å². The molecule has 1 N–H and O–H groups in total. The molecule has 1 heterocycles. The molecule has 114 valence electrons. The van der Waals surface area contributed by atoms with Crippen molar-refractivity contribution in [3.63, 3.8) is 0 Å². The Hall–Kier alpha value is -1.51. The molecule has 2 fully saturated rings. The second-order valence-corrected chi connectivity index (χ2v) is 6.75. The van der Waals surface area contributed by atoms with Crippen molar-refractivity contribution in [1.29, 1.82) is 0 Å². The number of benzene rings is 1. The average molecular weight is 287 g/mol. The van der Waals surface area contributed by atoms with Gasteiger partial charge in [-0.2, -0.15) is 0 Å². The zero-order valence-electron chi connectivity index (χ0n) is 12.7. The molecule has 0 unspecified atom stereocenters. The predicted octanol–water partition coefficient (Wildman–Crippen LogP) is 3.51.